The molecule has 4 aromatic carbocycles. The smallest absolute Gasteiger partial charge is 0.397 e. The molecular formula is C30H28ClN7O19S5. The maximum absolute atomic E-state index is 13.0. The predicted octanol–water partition coefficient (Wildman–Crippen LogP) is 3.00. The number of anilines is 4. The Morgan fingerprint density at radius 1 is 0.694 bits per heavy atom. The van der Waals surface area contributed by atoms with Crippen molar-refractivity contribution in [2.45, 2.75) is 26.5 Å². The molecule has 0 saturated carbocycles. The highest BCUT2D eigenvalue weighted by Crippen LogP contribution is 2.46. The average Bonchev–Trinajstić information content (AvgIpc) is 3.12. The van der Waals surface area contributed by atoms with E-state index in [0.29, 0.717) is 35.9 Å². The van der Waals surface area contributed by atoms with Gasteiger partial charge < -0.3 is 30.7 Å². The van der Waals surface area contributed by atoms with Crippen molar-refractivity contribution in [1.29, 1.82) is 0 Å². The number of benzene rings is 4. The van der Waals surface area contributed by atoms with Crippen molar-refractivity contribution in [1.82, 2.24) is 15.0 Å². The minimum absolute atomic E-state index is 0.0387. The van der Waals surface area contributed by atoms with E-state index < -0.39 is 146 Å². The standard InChI is InChI=1S/C30H28ClN7O19S5/c1-14-2-3-21(56-5-4-39)18(8-14)37-38-25-22(60(47,48)49)10-15-9-17(59(44,45)46)12-19(24(15)27(25)41)32-29-34-28(31)35-30(36-29)33-20-11-16(13-23(26(20)40)61(50,51)52)58(42,43)7-6-57-62(53,54)55/h2-3,8-13,39-41H,4-7H2,1H3,(H,44,45,46)(H,47,48,49)(H,50,51,52)(H,53,54,55)(H2,32,33,34,35,36). The van der Waals surface area contributed by atoms with Gasteiger partial charge in [0.05, 0.1) is 40.1 Å². The van der Waals surface area contributed by atoms with Crippen LogP contribution < -0.4 is 15.4 Å². The first-order chi connectivity index (χ1) is 28.6. The number of nitrogens with one attached hydrogen (secondary N) is 2. The third kappa shape index (κ3) is 11.5. The molecule has 9 N–H and O–H groups in total. The van der Waals surface area contributed by atoms with E-state index in [2.05, 4.69) is 40.0 Å². The summed E-state index contributed by atoms with van der Waals surface area (Å²) >= 11 is 6.08. The number of sulfone groups is 1. The van der Waals surface area contributed by atoms with Crippen molar-refractivity contribution in [3.8, 4) is 17.2 Å². The zero-order chi connectivity index (χ0) is 46.2. The summed E-state index contributed by atoms with van der Waals surface area (Å²) in [5.41, 5.74) is -1.76. The highest BCUT2D eigenvalue weighted by Gasteiger charge is 2.28. The summed E-state index contributed by atoms with van der Waals surface area (Å²) in [4.78, 5) is 7.04. The number of aromatic nitrogens is 3. The summed E-state index contributed by atoms with van der Waals surface area (Å²) < 4.78 is 170. The second-order valence-corrected chi connectivity index (χ2v) is 19.9. The summed E-state index contributed by atoms with van der Waals surface area (Å²) in [5, 5.41) is 42.3. The molecule has 1 aromatic heterocycles. The van der Waals surface area contributed by atoms with Gasteiger partial charge in [0.25, 0.3) is 30.4 Å². The van der Waals surface area contributed by atoms with Crippen molar-refractivity contribution >= 4 is 108 Å². The van der Waals surface area contributed by atoms with Gasteiger partial charge in [-0.2, -0.15) is 48.6 Å². The number of aliphatic hydroxyl groups excluding tert-OH is 1. The zero-order valence-electron chi connectivity index (χ0n) is 30.6. The van der Waals surface area contributed by atoms with Crippen LogP contribution in [0.1, 0.15) is 5.56 Å². The van der Waals surface area contributed by atoms with Crippen molar-refractivity contribution in [3.05, 3.63) is 59.4 Å². The fourth-order valence-corrected chi connectivity index (χ4v) is 8.81. The molecule has 32 heteroatoms. The van der Waals surface area contributed by atoms with E-state index >= 15 is 0 Å². The molecule has 334 valence electrons. The van der Waals surface area contributed by atoms with Crippen LogP contribution in [0.3, 0.4) is 0 Å². The quantitative estimate of drug-likeness (QED) is 0.0367. The second-order valence-electron chi connectivity index (χ2n) is 12.2. The molecule has 0 unspecified atom stereocenters. The number of halogens is 1. The van der Waals surface area contributed by atoms with Crippen LogP contribution in [-0.4, -0.2) is 116 Å². The lowest BCUT2D eigenvalue weighted by Crippen LogP contribution is -2.16. The molecule has 5 aromatic rings. The van der Waals surface area contributed by atoms with Crippen molar-refractivity contribution in [2.24, 2.45) is 10.2 Å². The Hall–Kier alpha value is -5.45. The molecule has 1 heterocycles. The molecule has 0 fully saturated rings. The molecule has 62 heavy (non-hydrogen) atoms. The lowest BCUT2D eigenvalue weighted by molar-refractivity contribution is 0.202. The first kappa shape index (κ1) is 47.6. The van der Waals surface area contributed by atoms with E-state index in [4.69, 9.17) is 20.9 Å². The molecule has 0 atom stereocenters. The number of azo groups is 1. The summed E-state index contributed by atoms with van der Waals surface area (Å²) in [6, 6.07) is 7.44. The fraction of sp³-hybridized carbons (Fsp3) is 0.167. The van der Waals surface area contributed by atoms with E-state index in [1.54, 1.807) is 13.0 Å². The number of hydrogen-bond donors (Lipinski definition) is 9. The number of fused-ring (bicyclic) bond motifs is 1. The molecule has 0 spiro atoms. The minimum Gasteiger partial charge on any atom is -0.505 e. The van der Waals surface area contributed by atoms with Gasteiger partial charge in [0.2, 0.25) is 17.2 Å². The molecule has 0 aliphatic rings. The number of phenols is 2. The summed E-state index contributed by atoms with van der Waals surface area (Å²) in [5.74, 6) is -5.01. The number of phenolic OH excluding ortho intramolecular Hbond substituents is 2. The van der Waals surface area contributed by atoms with E-state index in [9.17, 15) is 71.1 Å². The second kappa shape index (κ2) is 17.7. The van der Waals surface area contributed by atoms with Gasteiger partial charge in [-0.05, 0) is 71.9 Å². The van der Waals surface area contributed by atoms with Crippen LogP contribution in [0.4, 0.5) is 34.6 Å². The number of aliphatic hydroxyl groups is 1. The third-order valence-corrected chi connectivity index (χ3v) is 12.6. The lowest BCUT2D eigenvalue weighted by Gasteiger charge is -2.16. The monoisotopic (exact) mass is 985 g/mol. The maximum Gasteiger partial charge on any atom is 0.397 e. The first-order valence-electron chi connectivity index (χ1n) is 16.3. The molecule has 0 saturated heterocycles. The van der Waals surface area contributed by atoms with E-state index in [1.807, 2.05) is 0 Å². The van der Waals surface area contributed by atoms with Crippen LogP contribution in [0.5, 0.6) is 17.2 Å². The topological polar surface area (TPSA) is 418 Å². The first-order valence-corrected chi connectivity index (χ1v) is 24.0. The van der Waals surface area contributed by atoms with Crippen LogP contribution in [0.25, 0.3) is 10.8 Å². The van der Waals surface area contributed by atoms with Gasteiger partial charge in [-0.3, -0.25) is 18.2 Å². The number of rotatable bonds is 17. The van der Waals surface area contributed by atoms with Crippen LogP contribution in [0.15, 0.2) is 78.3 Å². The molecule has 0 radical (unpaired) electrons. The van der Waals surface area contributed by atoms with Crippen LogP contribution >= 0.6 is 11.6 Å². The van der Waals surface area contributed by atoms with Crippen LogP contribution in [0, 0.1) is 6.92 Å². The Kier molecular flexibility index (Phi) is 13.6. The summed E-state index contributed by atoms with van der Waals surface area (Å²) in [7, 11) is -25.7. The van der Waals surface area contributed by atoms with Crippen molar-refractivity contribution in [3.63, 3.8) is 0 Å². The molecule has 0 aliphatic heterocycles. The average molecular weight is 986 g/mol. The van der Waals surface area contributed by atoms with Gasteiger partial charge in [0.1, 0.15) is 33.5 Å². The minimum atomic E-state index is -5.41. The zero-order valence-corrected chi connectivity index (χ0v) is 35.5. The summed E-state index contributed by atoms with van der Waals surface area (Å²) in [6.07, 6.45) is 0. The van der Waals surface area contributed by atoms with Gasteiger partial charge in [-0.15, -0.1) is 10.2 Å². The maximum atomic E-state index is 13.0. The Labute approximate surface area is 355 Å². The Morgan fingerprint density at radius 3 is 1.89 bits per heavy atom. The predicted molar refractivity (Wildman–Crippen MR) is 212 cm³/mol. The molecule has 0 amide bonds. The van der Waals surface area contributed by atoms with Gasteiger partial charge in [-0.1, -0.05) is 6.07 Å². The summed E-state index contributed by atoms with van der Waals surface area (Å²) in [6.45, 7) is -0.0978. The van der Waals surface area contributed by atoms with Gasteiger partial charge in [0, 0.05) is 5.39 Å². The number of aryl methyl sites for hydroxylation is 1. The SMILES string of the molecule is Cc1ccc(OCCO)c(N=Nc2c(S(=O)(=O)O)cc3cc(S(=O)(=O)O)cc(Nc4nc(Cl)nc(Nc5cc(S(=O)(=O)CCOS(=O)(=O)O)cc(S(=O)(=O)O)c5O)n4)c3c2O)c1. The number of hydrogen-bond acceptors (Lipinski definition) is 22. The Bertz CT molecular complexity index is 3230. The highest BCUT2D eigenvalue weighted by molar-refractivity contribution is 7.91. The molecular weight excluding hydrogens is 958 g/mol. The number of nitrogens with zero attached hydrogens (tertiary/aromatic N) is 5. The molecule has 0 aliphatic carbocycles. The van der Waals surface area contributed by atoms with E-state index in [-0.39, 0.29) is 18.0 Å². The van der Waals surface area contributed by atoms with Crippen LogP contribution in [0.2, 0.25) is 5.28 Å². The molecule has 26 nitrogen and oxygen atoms in total. The lowest BCUT2D eigenvalue weighted by atomic mass is 10.1. The number of ether oxygens (including phenoxy) is 1. The normalized spacial score (nSPS) is 12.8. The van der Waals surface area contributed by atoms with Gasteiger partial charge in [-0.25, -0.2) is 12.6 Å². The van der Waals surface area contributed by atoms with Crippen molar-refractivity contribution < 1.29 is 84.5 Å². The Balaban J connectivity index is 1.67. The van der Waals surface area contributed by atoms with E-state index in [1.165, 1.54) is 12.1 Å². The third-order valence-electron chi connectivity index (χ3n) is 7.79. The fourth-order valence-electron chi connectivity index (χ4n) is 5.21. The largest absolute Gasteiger partial charge is 0.505 e. The van der Waals surface area contributed by atoms with Crippen LogP contribution in [-0.2, 0) is 54.8 Å². The van der Waals surface area contributed by atoms with Gasteiger partial charge >= 0.3 is 10.4 Å². The Morgan fingerprint density at radius 2 is 1.31 bits per heavy atom. The molecule has 5 rings (SSSR count). The number of aromatic hydroxyl groups is 2. The van der Waals surface area contributed by atoms with Gasteiger partial charge in [0.15, 0.2) is 21.3 Å². The molecule has 0 bridgehead atoms. The van der Waals surface area contributed by atoms with Crippen molar-refractivity contribution in [2.75, 3.05) is 36.2 Å². The van der Waals surface area contributed by atoms with E-state index in [0.717, 1.165) is 0 Å². The highest BCUT2D eigenvalue weighted by atomic mass is 35.5.